The molecule has 0 aliphatic carbocycles. The Morgan fingerprint density at radius 1 is 1.21 bits per heavy atom. The zero-order valence-electron chi connectivity index (χ0n) is 7.14. The standard InChI is InChI=1S/C8H6F3O.BrH.Mg/c9-8(10,11)6-12-7-4-2-1-3-5-7;;/h2-5H,6H2;1H;/q-1;;+2/p-1. The molecule has 1 aromatic carbocycles. The minimum absolute atomic E-state index is 0. The summed E-state index contributed by atoms with van der Waals surface area (Å²) in [7, 11) is 0. The quantitative estimate of drug-likeness (QED) is 0.501. The molecule has 0 spiro atoms. The van der Waals surface area contributed by atoms with E-state index < -0.39 is 12.8 Å². The smallest absolute Gasteiger partial charge is 1.00 e. The van der Waals surface area contributed by atoms with Crippen LogP contribution in [0.3, 0.4) is 0 Å². The SMILES string of the molecule is FC(F)(F)COc1cc[c-]cc1.[Br-].[Mg+2]. The molecule has 0 radical (unpaired) electrons. The first-order valence-corrected chi connectivity index (χ1v) is 3.23. The Morgan fingerprint density at radius 3 is 2.14 bits per heavy atom. The molecule has 0 aliphatic heterocycles. The number of rotatable bonds is 2. The molecule has 14 heavy (non-hydrogen) atoms. The van der Waals surface area contributed by atoms with Crippen molar-refractivity contribution in [3.05, 3.63) is 30.3 Å². The van der Waals surface area contributed by atoms with E-state index >= 15 is 0 Å². The number of alkyl halides is 3. The maximum atomic E-state index is 11.6. The van der Waals surface area contributed by atoms with Gasteiger partial charge in [0.25, 0.3) is 0 Å². The molecule has 0 bridgehead atoms. The van der Waals surface area contributed by atoms with Crippen LogP contribution in [-0.2, 0) is 0 Å². The van der Waals surface area contributed by atoms with Gasteiger partial charge in [0.05, 0.1) is 0 Å². The summed E-state index contributed by atoms with van der Waals surface area (Å²) in [6.07, 6.45) is -4.28. The van der Waals surface area contributed by atoms with E-state index in [9.17, 15) is 13.2 Å². The van der Waals surface area contributed by atoms with Crippen molar-refractivity contribution in [2.45, 2.75) is 6.18 Å². The number of hydrogen-bond acceptors (Lipinski definition) is 1. The van der Waals surface area contributed by atoms with Crippen LogP contribution in [0.2, 0.25) is 0 Å². The summed E-state index contributed by atoms with van der Waals surface area (Å²) in [4.78, 5) is 0. The van der Waals surface area contributed by atoms with E-state index in [2.05, 4.69) is 10.8 Å². The Labute approximate surface area is 107 Å². The first-order chi connectivity index (χ1) is 5.58. The zero-order valence-corrected chi connectivity index (χ0v) is 10.1. The zero-order chi connectivity index (χ0) is 9.03. The van der Waals surface area contributed by atoms with E-state index in [1.165, 1.54) is 24.3 Å². The predicted molar refractivity (Wildman–Crippen MR) is 42.6 cm³/mol. The van der Waals surface area contributed by atoms with Gasteiger partial charge in [-0.05, 0) is 0 Å². The number of ether oxygens (including phenoxy) is 1. The van der Waals surface area contributed by atoms with Gasteiger partial charge in [-0.1, -0.05) is 0 Å². The monoisotopic (exact) mass is 278 g/mol. The third kappa shape index (κ3) is 7.46. The van der Waals surface area contributed by atoms with Gasteiger partial charge in [0.2, 0.25) is 0 Å². The summed E-state index contributed by atoms with van der Waals surface area (Å²) in [6.45, 7) is -1.25. The second-order valence-corrected chi connectivity index (χ2v) is 2.14. The third-order valence-corrected chi connectivity index (χ3v) is 1.09. The van der Waals surface area contributed by atoms with Gasteiger partial charge in [-0.3, -0.25) is 0 Å². The largest absolute Gasteiger partial charge is 2.00 e. The average molecular weight is 279 g/mol. The number of benzene rings is 1. The van der Waals surface area contributed by atoms with Crippen LogP contribution >= 0.6 is 0 Å². The van der Waals surface area contributed by atoms with Crippen molar-refractivity contribution in [1.29, 1.82) is 0 Å². The van der Waals surface area contributed by atoms with Crippen LogP contribution in [0.15, 0.2) is 24.3 Å². The fourth-order valence-electron chi connectivity index (χ4n) is 0.633. The van der Waals surface area contributed by atoms with Crippen LogP contribution in [0.1, 0.15) is 0 Å². The maximum absolute atomic E-state index is 11.6. The van der Waals surface area contributed by atoms with Crippen molar-refractivity contribution < 1.29 is 34.9 Å². The summed E-state index contributed by atoms with van der Waals surface area (Å²) in [5.41, 5.74) is 0. The molecule has 0 saturated heterocycles. The van der Waals surface area contributed by atoms with Gasteiger partial charge >= 0.3 is 29.2 Å². The van der Waals surface area contributed by atoms with Crippen LogP contribution in [0.5, 0.6) is 5.75 Å². The van der Waals surface area contributed by atoms with Crippen LogP contribution in [0, 0.1) is 6.07 Å². The van der Waals surface area contributed by atoms with Crippen LogP contribution in [0.4, 0.5) is 13.2 Å². The molecule has 0 saturated carbocycles. The summed E-state index contributed by atoms with van der Waals surface area (Å²) in [5, 5.41) is 0. The summed E-state index contributed by atoms with van der Waals surface area (Å²) < 4.78 is 39.3. The third-order valence-electron chi connectivity index (χ3n) is 1.09. The molecule has 0 N–H and O–H groups in total. The van der Waals surface area contributed by atoms with E-state index in [1.54, 1.807) is 0 Å². The second kappa shape index (κ2) is 7.36. The molecule has 0 aliphatic rings. The minimum Gasteiger partial charge on any atom is -1.00 e. The van der Waals surface area contributed by atoms with Crippen molar-refractivity contribution in [1.82, 2.24) is 0 Å². The molecule has 0 fully saturated rings. The van der Waals surface area contributed by atoms with E-state index in [-0.39, 0.29) is 45.8 Å². The molecular formula is C8H6BrF3MgO. The first-order valence-electron chi connectivity index (χ1n) is 3.23. The molecule has 1 aromatic rings. The minimum atomic E-state index is -4.28. The normalized spacial score (nSPS) is 9.64. The molecule has 0 aromatic heterocycles. The average Bonchev–Trinajstić information content (AvgIpc) is 2.02. The predicted octanol–water partition coefficient (Wildman–Crippen LogP) is -0.949. The molecule has 0 heterocycles. The maximum Gasteiger partial charge on any atom is 2.00 e. The van der Waals surface area contributed by atoms with Crippen molar-refractivity contribution in [3.63, 3.8) is 0 Å². The topological polar surface area (TPSA) is 9.23 Å². The van der Waals surface area contributed by atoms with E-state index in [0.717, 1.165) is 0 Å². The fraction of sp³-hybridized carbons (Fsp3) is 0.250. The fourth-order valence-corrected chi connectivity index (χ4v) is 0.633. The van der Waals surface area contributed by atoms with Crippen molar-refractivity contribution >= 4 is 23.1 Å². The Bertz CT molecular complexity index is 240. The van der Waals surface area contributed by atoms with Gasteiger partial charge in [0.15, 0.2) is 6.61 Å². The molecule has 6 heteroatoms. The molecular weight excluding hydrogens is 273 g/mol. The van der Waals surface area contributed by atoms with Gasteiger partial charge < -0.3 is 21.7 Å². The first kappa shape index (κ1) is 16.5. The van der Waals surface area contributed by atoms with Crippen LogP contribution in [-0.4, -0.2) is 35.8 Å². The molecule has 1 rings (SSSR count). The van der Waals surface area contributed by atoms with Gasteiger partial charge in [-0.15, -0.1) is 12.1 Å². The second-order valence-electron chi connectivity index (χ2n) is 2.14. The van der Waals surface area contributed by atoms with Crippen LogP contribution < -0.4 is 21.7 Å². The van der Waals surface area contributed by atoms with Crippen molar-refractivity contribution in [2.24, 2.45) is 0 Å². The molecule has 0 amide bonds. The van der Waals surface area contributed by atoms with Gasteiger partial charge in [0, 0.05) is 5.75 Å². The summed E-state index contributed by atoms with van der Waals surface area (Å²) in [5.74, 6) is 0.200. The Morgan fingerprint density at radius 2 is 1.71 bits per heavy atom. The summed E-state index contributed by atoms with van der Waals surface area (Å²) in [6, 6.07) is 8.50. The van der Waals surface area contributed by atoms with Crippen molar-refractivity contribution in [2.75, 3.05) is 6.61 Å². The Balaban J connectivity index is 0. The summed E-state index contributed by atoms with van der Waals surface area (Å²) >= 11 is 0. The van der Waals surface area contributed by atoms with E-state index in [1.807, 2.05) is 0 Å². The van der Waals surface area contributed by atoms with E-state index in [4.69, 9.17) is 0 Å². The molecule has 74 valence electrons. The van der Waals surface area contributed by atoms with Gasteiger partial charge in [-0.25, -0.2) is 0 Å². The Hall–Kier alpha value is 0.0562. The number of hydrogen-bond donors (Lipinski definition) is 0. The van der Waals surface area contributed by atoms with Crippen molar-refractivity contribution in [3.8, 4) is 5.75 Å². The van der Waals surface area contributed by atoms with Gasteiger partial charge in [0.1, 0.15) is 0 Å². The Kier molecular flexibility index (Phi) is 8.67. The van der Waals surface area contributed by atoms with E-state index in [0.29, 0.717) is 0 Å². The molecule has 0 unspecified atom stereocenters. The molecule has 1 nitrogen and oxygen atoms in total. The number of halogens is 4. The van der Waals surface area contributed by atoms with Gasteiger partial charge in [-0.2, -0.15) is 31.4 Å². The molecule has 0 atom stereocenters. The van der Waals surface area contributed by atoms with Crippen LogP contribution in [0.25, 0.3) is 0 Å².